The van der Waals surface area contributed by atoms with Crippen molar-refractivity contribution in [3.05, 3.63) is 18.0 Å². The lowest BCUT2D eigenvalue weighted by Crippen LogP contribution is -2.35. The quantitative estimate of drug-likeness (QED) is 0.817. The molecule has 0 saturated carbocycles. The zero-order valence-corrected chi connectivity index (χ0v) is 9.26. The fourth-order valence-electron chi connectivity index (χ4n) is 1.97. The minimum atomic E-state index is -0.987. The monoisotopic (exact) mass is 221 g/mol. The molecule has 1 fully saturated rings. The molecule has 1 aliphatic heterocycles. The molecule has 2 rings (SSSR count). The molecule has 0 aliphatic carbocycles. The average Bonchev–Trinajstić information content (AvgIpc) is 2.29. The van der Waals surface area contributed by atoms with Crippen LogP contribution < -0.4 is 4.90 Å². The molecule has 2 heterocycles. The first-order valence-corrected chi connectivity index (χ1v) is 5.47. The van der Waals surface area contributed by atoms with Crippen molar-refractivity contribution in [2.45, 2.75) is 19.8 Å². The molecular weight excluding hydrogens is 206 g/mol. The van der Waals surface area contributed by atoms with Crippen molar-refractivity contribution in [1.82, 2.24) is 9.97 Å². The number of aromatic carboxylic acids is 1. The van der Waals surface area contributed by atoms with Crippen LogP contribution in [0.1, 0.15) is 30.1 Å². The number of hydrogen-bond donors (Lipinski definition) is 1. The molecule has 0 amide bonds. The van der Waals surface area contributed by atoms with Crippen LogP contribution in [0, 0.1) is 5.92 Å². The molecule has 86 valence electrons. The van der Waals surface area contributed by atoms with Crippen LogP contribution in [-0.2, 0) is 0 Å². The molecule has 0 spiro atoms. The van der Waals surface area contributed by atoms with Crippen LogP contribution in [0.3, 0.4) is 0 Å². The molecule has 0 bridgehead atoms. The summed E-state index contributed by atoms with van der Waals surface area (Å²) in [6, 6.07) is 0. The number of carboxylic acid groups (broad SMARTS) is 1. The van der Waals surface area contributed by atoms with Crippen molar-refractivity contribution in [2.75, 3.05) is 18.0 Å². The first kappa shape index (κ1) is 10.9. The summed E-state index contributed by atoms with van der Waals surface area (Å²) in [5.74, 6) is 0.298. The number of carbonyl (C=O) groups is 1. The summed E-state index contributed by atoms with van der Waals surface area (Å²) < 4.78 is 0. The molecule has 1 aliphatic rings. The highest BCUT2D eigenvalue weighted by Gasteiger charge is 2.18. The van der Waals surface area contributed by atoms with Gasteiger partial charge >= 0.3 is 5.97 Å². The third-order valence-electron chi connectivity index (χ3n) is 2.83. The summed E-state index contributed by atoms with van der Waals surface area (Å²) in [5.41, 5.74) is 0.133. The number of nitrogens with zero attached hydrogens (tertiary/aromatic N) is 3. The highest BCUT2D eigenvalue weighted by molar-refractivity contribution is 5.86. The molecule has 1 N–H and O–H groups in total. The summed E-state index contributed by atoms with van der Waals surface area (Å²) in [6.07, 6.45) is 5.11. The Morgan fingerprint density at radius 3 is 2.75 bits per heavy atom. The van der Waals surface area contributed by atoms with E-state index >= 15 is 0 Å². The average molecular weight is 221 g/mol. The maximum absolute atomic E-state index is 10.6. The van der Waals surface area contributed by atoms with E-state index in [4.69, 9.17) is 5.11 Å². The lowest BCUT2D eigenvalue weighted by atomic mass is 10.0. The van der Waals surface area contributed by atoms with Gasteiger partial charge in [0.05, 0.1) is 5.56 Å². The Balaban J connectivity index is 2.11. The number of rotatable bonds is 2. The Bertz CT molecular complexity index is 377. The van der Waals surface area contributed by atoms with Gasteiger partial charge in [-0.05, 0) is 18.8 Å². The van der Waals surface area contributed by atoms with E-state index < -0.39 is 5.97 Å². The van der Waals surface area contributed by atoms with E-state index in [0.717, 1.165) is 19.5 Å². The second-order valence-electron chi connectivity index (χ2n) is 4.27. The first-order chi connectivity index (χ1) is 7.66. The van der Waals surface area contributed by atoms with Gasteiger partial charge < -0.3 is 10.0 Å². The SMILES string of the molecule is C[C@H]1CCCN(c2ncc(C(=O)O)cn2)C1. The standard InChI is InChI=1S/C11H15N3O2/c1-8-3-2-4-14(7-8)11-12-5-9(6-13-11)10(15)16/h5-6,8H,2-4,7H2,1H3,(H,15,16)/t8-/m0/s1. The fourth-order valence-corrected chi connectivity index (χ4v) is 1.97. The zero-order valence-electron chi connectivity index (χ0n) is 9.26. The molecule has 16 heavy (non-hydrogen) atoms. The van der Waals surface area contributed by atoms with Gasteiger partial charge in [-0.25, -0.2) is 14.8 Å². The lowest BCUT2D eigenvalue weighted by Gasteiger charge is -2.30. The topological polar surface area (TPSA) is 66.3 Å². The molecule has 1 saturated heterocycles. The maximum Gasteiger partial charge on any atom is 0.338 e. The van der Waals surface area contributed by atoms with Crippen LogP contribution in [0.4, 0.5) is 5.95 Å². The molecule has 0 unspecified atom stereocenters. The predicted octanol–water partition coefficient (Wildman–Crippen LogP) is 1.41. The second kappa shape index (κ2) is 4.47. The summed E-state index contributed by atoms with van der Waals surface area (Å²) in [7, 11) is 0. The van der Waals surface area contributed by atoms with E-state index in [1.54, 1.807) is 0 Å². The Morgan fingerprint density at radius 2 is 2.19 bits per heavy atom. The maximum atomic E-state index is 10.6. The van der Waals surface area contributed by atoms with Gasteiger partial charge in [0.15, 0.2) is 0 Å². The third-order valence-corrected chi connectivity index (χ3v) is 2.83. The van der Waals surface area contributed by atoms with Crippen molar-refractivity contribution in [2.24, 2.45) is 5.92 Å². The van der Waals surface area contributed by atoms with Crippen LogP contribution in [0.2, 0.25) is 0 Å². The Labute approximate surface area is 94.1 Å². The van der Waals surface area contributed by atoms with E-state index in [0.29, 0.717) is 11.9 Å². The number of piperidine rings is 1. The van der Waals surface area contributed by atoms with Gasteiger partial charge in [0, 0.05) is 25.5 Å². The molecule has 1 atom stereocenters. The lowest BCUT2D eigenvalue weighted by molar-refractivity contribution is 0.0696. The predicted molar refractivity (Wildman–Crippen MR) is 59.6 cm³/mol. The van der Waals surface area contributed by atoms with Crippen LogP contribution in [0.5, 0.6) is 0 Å². The molecule has 0 aromatic carbocycles. The van der Waals surface area contributed by atoms with Gasteiger partial charge in [0.2, 0.25) is 5.95 Å². The normalized spacial score (nSPS) is 20.8. The van der Waals surface area contributed by atoms with Crippen molar-refractivity contribution in [1.29, 1.82) is 0 Å². The second-order valence-corrected chi connectivity index (χ2v) is 4.27. The molecule has 5 heteroatoms. The van der Waals surface area contributed by atoms with Crippen molar-refractivity contribution < 1.29 is 9.90 Å². The Morgan fingerprint density at radius 1 is 1.50 bits per heavy atom. The Hall–Kier alpha value is -1.65. The van der Waals surface area contributed by atoms with Crippen LogP contribution in [-0.4, -0.2) is 34.1 Å². The summed E-state index contributed by atoms with van der Waals surface area (Å²) in [6.45, 7) is 4.11. The molecule has 1 aromatic heterocycles. The van der Waals surface area contributed by atoms with Gasteiger partial charge in [-0.3, -0.25) is 0 Å². The van der Waals surface area contributed by atoms with Gasteiger partial charge in [0.25, 0.3) is 0 Å². The van der Waals surface area contributed by atoms with Gasteiger partial charge in [-0.1, -0.05) is 6.92 Å². The van der Waals surface area contributed by atoms with Gasteiger partial charge in [-0.15, -0.1) is 0 Å². The van der Waals surface area contributed by atoms with E-state index in [1.807, 2.05) is 0 Å². The number of anilines is 1. The minimum absolute atomic E-state index is 0.133. The summed E-state index contributed by atoms with van der Waals surface area (Å²) in [4.78, 5) is 20.9. The number of hydrogen-bond acceptors (Lipinski definition) is 4. The third kappa shape index (κ3) is 2.29. The fraction of sp³-hybridized carbons (Fsp3) is 0.545. The Kier molecular flexibility index (Phi) is 3.03. The van der Waals surface area contributed by atoms with E-state index in [-0.39, 0.29) is 5.56 Å². The highest BCUT2D eigenvalue weighted by Crippen LogP contribution is 2.19. The van der Waals surface area contributed by atoms with E-state index in [2.05, 4.69) is 21.8 Å². The molecule has 5 nitrogen and oxygen atoms in total. The van der Waals surface area contributed by atoms with Crippen molar-refractivity contribution in [3.63, 3.8) is 0 Å². The minimum Gasteiger partial charge on any atom is -0.478 e. The summed E-state index contributed by atoms with van der Waals surface area (Å²) >= 11 is 0. The van der Waals surface area contributed by atoms with Gasteiger partial charge in [-0.2, -0.15) is 0 Å². The molecular formula is C11H15N3O2. The highest BCUT2D eigenvalue weighted by atomic mass is 16.4. The molecule has 1 aromatic rings. The smallest absolute Gasteiger partial charge is 0.338 e. The zero-order chi connectivity index (χ0) is 11.5. The van der Waals surface area contributed by atoms with Crippen LogP contribution in [0.25, 0.3) is 0 Å². The molecule has 0 radical (unpaired) electrons. The van der Waals surface area contributed by atoms with Crippen molar-refractivity contribution >= 4 is 11.9 Å². The van der Waals surface area contributed by atoms with Crippen molar-refractivity contribution in [3.8, 4) is 0 Å². The largest absolute Gasteiger partial charge is 0.478 e. The number of aromatic nitrogens is 2. The van der Waals surface area contributed by atoms with Crippen LogP contribution >= 0.6 is 0 Å². The summed E-state index contributed by atoms with van der Waals surface area (Å²) in [5, 5.41) is 8.73. The first-order valence-electron chi connectivity index (χ1n) is 5.47. The van der Waals surface area contributed by atoms with E-state index in [9.17, 15) is 4.79 Å². The number of carboxylic acids is 1. The van der Waals surface area contributed by atoms with E-state index in [1.165, 1.54) is 18.8 Å². The van der Waals surface area contributed by atoms with Gasteiger partial charge in [0.1, 0.15) is 0 Å². The van der Waals surface area contributed by atoms with Crippen LogP contribution in [0.15, 0.2) is 12.4 Å².